The summed E-state index contributed by atoms with van der Waals surface area (Å²) in [6, 6.07) is 12.1. The number of anilines is 1. The van der Waals surface area contributed by atoms with E-state index in [1.54, 1.807) is 40.6 Å². The van der Waals surface area contributed by atoms with Crippen molar-refractivity contribution in [2.24, 2.45) is 12.1 Å². The summed E-state index contributed by atoms with van der Waals surface area (Å²) in [7, 11) is 3.53. The Hall–Kier alpha value is -5.68. The summed E-state index contributed by atoms with van der Waals surface area (Å²) in [5.41, 5.74) is 8.48. The Morgan fingerprint density at radius 3 is 2.52 bits per heavy atom. The molecule has 0 bridgehead atoms. The van der Waals surface area contributed by atoms with E-state index in [0.29, 0.717) is 41.2 Å². The summed E-state index contributed by atoms with van der Waals surface area (Å²) in [5, 5.41) is 26.3. The summed E-state index contributed by atoms with van der Waals surface area (Å²) in [5.74, 6) is -2.23. The number of carbonyl (C=O) groups is 5. The van der Waals surface area contributed by atoms with Crippen molar-refractivity contribution >= 4 is 97.8 Å². The van der Waals surface area contributed by atoms with Crippen LogP contribution in [-0.4, -0.2) is 68.5 Å². The summed E-state index contributed by atoms with van der Waals surface area (Å²) < 4.78 is 4.63. The number of thiazole rings is 1. The van der Waals surface area contributed by atoms with Crippen molar-refractivity contribution in [2.45, 2.75) is 90.2 Å². The van der Waals surface area contributed by atoms with Crippen LogP contribution in [0.15, 0.2) is 80.3 Å². The van der Waals surface area contributed by atoms with Gasteiger partial charge in [-0.05, 0) is 85.2 Å². The highest BCUT2D eigenvalue weighted by molar-refractivity contribution is 8.03. The zero-order valence-corrected chi connectivity index (χ0v) is 38.3. The van der Waals surface area contributed by atoms with Crippen molar-refractivity contribution in [3.8, 4) is 0 Å². The minimum Gasteiger partial charge on any atom is -0.390 e. The fourth-order valence-corrected chi connectivity index (χ4v) is 10.1. The van der Waals surface area contributed by atoms with Crippen LogP contribution in [0.3, 0.4) is 0 Å². The van der Waals surface area contributed by atoms with Crippen LogP contribution < -0.4 is 20.3 Å². The highest BCUT2D eigenvalue weighted by atomic mass is 35.5. The minimum atomic E-state index is -0.596. The van der Waals surface area contributed by atoms with E-state index in [4.69, 9.17) is 11.6 Å². The largest absolute Gasteiger partial charge is 0.390 e. The van der Waals surface area contributed by atoms with E-state index in [-0.39, 0.29) is 35.2 Å². The van der Waals surface area contributed by atoms with Crippen LogP contribution in [-0.2, 0) is 45.8 Å². The number of rotatable bonds is 16. The maximum atomic E-state index is 14.0. The number of carbonyl (C=O) groups excluding carboxylic acids is 5. The third-order valence-electron chi connectivity index (χ3n) is 11.0. The molecule has 3 aliphatic rings. The zero-order valence-electron chi connectivity index (χ0n) is 35.9. The molecule has 4 heterocycles. The van der Waals surface area contributed by atoms with Crippen molar-refractivity contribution in [1.82, 2.24) is 25.5 Å². The smallest absolute Gasteiger partial charge is 0.276 e. The number of allylic oxidation sites excluding steroid dienone is 4. The van der Waals surface area contributed by atoms with Crippen LogP contribution in [0, 0.1) is 0 Å². The number of hydrazine groups is 1. The van der Waals surface area contributed by atoms with E-state index in [2.05, 4.69) is 50.6 Å². The third kappa shape index (κ3) is 10.1. The normalized spacial score (nSPS) is 16.9. The highest BCUT2D eigenvalue weighted by Gasteiger charge is 2.36. The van der Waals surface area contributed by atoms with Crippen molar-refractivity contribution in [3.05, 3.63) is 103 Å². The number of aromatic nitrogens is 3. The fourth-order valence-electron chi connectivity index (χ4n) is 7.76. The number of hydrogen-bond acceptors (Lipinski definition) is 11. The van der Waals surface area contributed by atoms with Crippen LogP contribution in [0.25, 0.3) is 22.4 Å². The van der Waals surface area contributed by atoms with Crippen LogP contribution in [0.2, 0.25) is 5.02 Å². The maximum Gasteiger partial charge on any atom is 0.276 e. The lowest BCUT2D eigenvalue weighted by molar-refractivity contribution is -0.642. The van der Waals surface area contributed by atoms with Gasteiger partial charge in [0.15, 0.2) is 11.6 Å². The Bertz CT molecular complexity index is 2690. The summed E-state index contributed by atoms with van der Waals surface area (Å²) in [4.78, 5) is 66.3. The van der Waals surface area contributed by atoms with Crippen LogP contribution in [0.5, 0.6) is 0 Å². The second-order valence-corrected chi connectivity index (χ2v) is 18.2. The molecule has 3 amide bonds. The van der Waals surface area contributed by atoms with Gasteiger partial charge in [0.2, 0.25) is 11.4 Å². The number of hydrazone groups is 1. The van der Waals surface area contributed by atoms with Gasteiger partial charge >= 0.3 is 0 Å². The predicted molar refractivity (Wildman–Crippen MR) is 247 cm³/mol. The maximum absolute atomic E-state index is 14.0. The van der Waals surface area contributed by atoms with Gasteiger partial charge in [-0.2, -0.15) is 14.8 Å². The second kappa shape index (κ2) is 19.8. The lowest BCUT2D eigenvalue weighted by Crippen LogP contribution is -2.45. The lowest BCUT2D eigenvalue weighted by Gasteiger charge is -2.22. The highest BCUT2D eigenvalue weighted by Crippen LogP contribution is 2.47. The lowest BCUT2D eigenvalue weighted by atomic mass is 9.91. The quantitative estimate of drug-likeness (QED) is 0.0464. The zero-order chi connectivity index (χ0) is 44.9. The van der Waals surface area contributed by atoms with Gasteiger partial charge < -0.3 is 10.4 Å². The first-order valence-electron chi connectivity index (χ1n) is 20.9. The molecule has 0 atom stereocenters. The Morgan fingerprint density at radius 2 is 1.79 bits per heavy atom. The van der Waals surface area contributed by atoms with Crippen LogP contribution >= 0.6 is 34.7 Å². The van der Waals surface area contributed by atoms with Crippen LogP contribution in [0.4, 0.5) is 5.69 Å². The molecule has 2 aliphatic heterocycles. The number of ketones is 2. The Labute approximate surface area is 379 Å². The number of benzene rings is 2. The molecule has 0 saturated carbocycles. The average molecular weight is 911 g/mol. The molecule has 0 spiro atoms. The summed E-state index contributed by atoms with van der Waals surface area (Å²) >= 11 is 9.60. The molecule has 328 valence electrons. The third-order valence-corrected chi connectivity index (χ3v) is 13.5. The van der Waals surface area contributed by atoms with E-state index < -0.39 is 30.7 Å². The van der Waals surface area contributed by atoms with Crippen molar-refractivity contribution < 1.29 is 33.6 Å². The van der Waals surface area contributed by atoms with E-state index in [9.17, 15) is 29.1 Å². The molecule has 4 aromatic rings. The van der Waals surface area contributed by atoms with Crippen molar-refractivity contribution in [3.63, 3.8) is 0 Å². The number of aryl methyl sites for hydroxylation is 2. The van der Waals surface area contributed by atoms with Gasteiger partial charge in [0.05, 0.1) is 29.6 Å². The van der Waals surface area contributed by atoms with Crippen molar-refractivity contribution in [1.29, 1.82) is 0 Å². The molecule has 0 unspecified atom stereocenters. The summed E-state index contributed by atoms with van der Waals surface area (Å²) in [6.45, 7) is 3.82. The first kappa shape index (κ1) is 45.3. The Balaban J connectivity index is 1.12. The first-order valence-corrected chi connectivity index (χ1v) is 23.0. The number of amides is 3. The number of thioether (sulfide) groups is 1. The van der Waals surface area contributed by atoms with E-state index in [1.807, 2.05) is 25.3 Å². The number of Topliss-reactive ketones (excluding diaryl/α,β-unsaturated/α-hetero) is 2. The average Bonchev–Trinajstić information content (AvgIpc) is 3.97. The molecular weight excluding hydrogens is 860 g/mol. The second-order valence-electron chi connectivity index (χ2n) is 15.7. The molecule has 17 heteroatoms. The monoisotopic (exact) mass is 909 g/mol. The first-order chi connectivity index (χ1) is 30.3. The van der Waals surface area contributed by atoms with E-state index in [0.717, 1.165) is 54.1 Å². The molecule has 2 aromatic carbocycles. The van der Waals surface area contributed by atoms with E-state index >= 15 is 0 Å². The molecule has 7 rings (SSSR count). The number of aliphatic hydroxyl groups is 1. The van der Waals surface area contributed by atoms with Gasteiger partial charge in [0, 0.05) is 42.4 Å². The SMILES string of the molecule is CCCCCCc1ccc2sc(C=C3Sc4ccc(Cl)cc4N3NC(=O)CN3N=C(C(C)=O)/C(=C\C4=CC(=C/c5c(C(C)=O)nn(CC(=O)NC)c5CO)/CCC4)C3=O)[n+](C)c2c1. The number of halogens is 1. The van der Waals surface area contributed by atoms with E-state index in [1.165, 1.54) is 62.2 Å². The molecule has 0 saturated heterocycles. The number of unbranched alkanes of at least 4 members (excludes halogenated alkanes) is 3. The molecule has 2 aromatic heterocycles. The predicted octanol–water partition coefficient (Wildman–Crippen LogP) is 6.99. The molecule has 3 N–H and O–H groups in total. The van der Waals surface area contributed by atoms with Crippen molar-refractivity contribution in [2.75, 3.05) is 18.6 Å². The molecule has 0 fully saturated rings. The standard InChI is InChI=1S/C46H49ClN8O6S2/c1-6-7-8-9-11-29-14-16-38-35(21-29)52(5)42(62-38)23-43-55(36-22-32(47)15-17-39(36)63-43)49-41(60)25-54-46(61)34(45(51-54)28(3)58)20-31-13-10-12-30(18-31)19-33-37(26-56)53(24-40(59)48-4)50-44(33)27(2)57/h14-23,56H,6-13,24-26H2,1-5H3,(H-,48,49,59,60)/p+1/b30-19+,34-20+. The number of fused-ring (bicyclic) bond motifs is 2. The number of nitrogens with zero attached hydrogens (tertiary/aromatic N) is 6. The number of hydrogen-bond donors (Lipinski definition) is 3. The number of likely N-dealkylation sites (N-methyl/N-ethyl adjacent to an activating group) is 1. The van der Waals surface area contributed by atoms with Gasteiger partial charge in [0.25, 0.3) is 16.8 Å². The minimum absolute atomic E-state index is 0.0578. The molecule has 63 heavy (non-hydrogen) atoms. The van der Waals surface area contributed by atoms with Gasteiger partial charge in [-0.1, -0.05) is 73.0 Å². The number of nitrogens with one attached hydrogen (secondary N) is 2. The molecule has 14 nitrogen and oxygen atoms in total. The Kier molecular flexibility index (Phi) is 14.2. The van der Waals surface area contributed by atoms with Gasteiger partial charge in [-0.25, -0.2) is 10.0 Å². The molecule has 0 radical (unpaired) electrons. The molecule has 1 aliphatic carbocycles. The van der Waals surface area contributed by atoms with Gasteiger partial charge in [-0.3, -0.25) is 34.1 Å². The fraction of sp³-hybridized carbons (Fsp3) is 0.348. The van der Waals surface area contributed by atoms with Gasteiger partial charge in [-0.15, -0.1) is 0 Å². The summed E-state index contributed by atoms with van der Waals surface area (Å²) in [6.07, 6.45) is 15.0. The van der Waals surface area contributed by atoms with Gasteiger partial charge in [0.1, 0.15) is 41.3 Å². The Morgan fingerprint density at radius 1 is 0.984 bits per heavy atom. The number of aliphatic hydroxyl groups excluding tert-OH is 1. The topological polar surface area (TPSA) is 170 Å². The van der Waals surface area contributed by atoms with Crippen LogP contribution in [0.1, 0.15) is 98.0 Å². The molecular formula is C46H50ClN8O6S2+.